The summed E-state index contributed by atoms with van der Waals surface area (Å²) in [5.41, 5.74) is 2.29. The van der Waals surface area contributed by atoms with E-state index < -0.39 is 0 Å². The molecule has 0 saturated carbocycles. The summed E-state index contributed by atoms with van der Waals surface area (Å²) in [4.78, 5) is 17.3. The Morgan fingerprint density at radius 1 is 1.00 bits per heavy atom. The predicted molar refractivity (Wildman–Crippen MR) is 115 cm³/mol. The first-order valence-electron chi connectivity index (χ1n) is 10.4. The van der Waals surface area contributed by atoms with E-state index in [0.29, 0.717) is 18.6 Å². The van der Waals surface area contributed by atoms with E-state index in [0.717, 1.165) is 37.1 Å². The standard InChI is InChI=1S/C24H33N3O/c1-19(2)25-22-14-16-27(17-15-22)18-23(28)26(3)24(20-10-6-4-7-11-20)21-12-8-5-9-13-21/h4-13,19,22,24-25H,14-18H2,1-3H3. The Morgan fingerprint density at radius 2 is 1.50 bits per heavy atom. The molecule has 0 radical (unpaired) electrons. The maximum Gasteiger partial charge on any atom is 0.237 e. The van der Waals surface area contributed by atoms with Gasteiger partial charge in [0, 0.05) is 32.2 Å². The number of benzene rings is 2. The molecule has 0 spiro atoms. The monoisotopic (exact) mass is 379 g/mol. The van der Waals surface area contributed by atoms with Crippen LogP contribution in [0.1, 0.15) is 43.9 Å². The second-order valence-corrected chi connectivity index (χ2v) is 8.10. The molecule has 0 aromatic heterocycles. The lowest BCUT2D eigenvalue weighted by Crippen LogP contribution is -2.48. The molecule has 0 atom stereocenters. The van der Waals surface area contributed by atoms with Crippen LogP contribution in [0.2, 0.25) is 0 Å². The van der Waals surface area contributed by atoms with Crippen LogP contribution in [0.25, 0.3) is 0 Å². The van der Waals surface area contributed by atoms with Crippen LogP contribution in [-0.4, -0.2) is 54.5 Å². The molecule has 1 amide bonds. The lowest BCUT2D eigenvalue weighted by molar-refractivity contribution is -0.133. The first-order valence-corrected chi connectivity index (χ1v) is 10.4. The topological polar surface area (TPSA) is 35.6 Å². The highest BCUT2D eigenvalue weighted by Gasteiger charge is 2.26. The van der Waals surface area contributed by atoms with Crippen LogP contribution >= 0.6 is 0 Å². The fourth-order valence-electron chi connectivity index (χ4n) is 4.09. The molecule has 2 aromatic carbocycles. The van der Waals surface area contributed by atoms with Crippen molar-refractivity contribution >= 4 is 5.91 Å². The molecular formula is C24H33N3O. The molecule has 0 unspecified atom stereocenters. The van der Waals surface area contributed by atoms with Crippen molar-refractivity contribution in [1.29, 1.82) is 0 Å². The molecular weight excluding hydrogens is 346 g/mol. The molecule has 1 aliphatic heterocycles. The van der Waals surface area contributed by atoms with Gasteiger partial charge < -0.3 is 10.2 Å². The van der Waals surface area contributed by atoms with Gasteiger partial charge in [-0.3, -0.25) is 9.69 Å². The van der Waals surface area contributed by atoms with Crippen molar-refractivity contribution in [1.82, 2.24) is 15.1 Å². The van der Waals surface area contributed by atoms with Gasteiger partial charge in [-0.2, -0.15) is 0 Å². The SMILES string of the molecule is CC(C)NC1CCN(CC(=O)N(C)C(c2ccccc2)c2ccccc2)CC1. The van der Waals surface area contributed by atoms with Crippen molar-refractivity contribution in [2.45, 2.75) is 44.8 Å². The summed E-state index contributed by atoms with van der Waals surface area (Å²) in [5, 5.41) is 3.62. The average molecular weight is 380 g/mol. The Labute approximate surface area is 169 Å². The van der Waals surface area contributed by atoms with Gasteiger partial charge in [0.1, 0.15) is 0 Å². The number of likely N-dealkylation sites (tertiary alicyclic amines) is 1. The fourth-order valence-corrected chi connectivity index (χ4v) is 4.09. The van der Waals surface area contributed by atoms with Crippen molar-refractivity contribution in [3.8, 4) is 0 Å². The normalized spacial score (nSPS) is 15.9. The zero-order valence-electron chi connectivity index (χ0n) is 17.3. The molecule has 3 rings (SSSR count). The molecule has 1 aliphatic rings. The third-order valence-electron chi connectivity index (χ3n) is 5.53. The van der Waals surface area contributed by atoms with Gasteiger partial charge >= 0.3 is 0 Å². The minimum atomic E-state index is -0.0601. The summed E-state index contributed by atoms with van der Waals surface area (Å²) in [6.07, 6.45) is 2.21. The highest BCUT2D eigenvalue weighted by molar-refractivity contribution is 5.79. The number of rotatable bonds is 7. The molecule has 0 bridgehead atoms. The van der Waals surface area contributed by atoms with Crippen molar-refractivity contribution in [3.63, 3.8) is 0 Å². The molecule has 1 fully saturated rings. The first kappa shape index (κ1) is 20.6. The van der Waals surface area contributed by atoms with E-state index >= 15 is 0 Å². The summed E-state index contributed by atoms with van der Waals surface area (Å²) < 4.78 is 0. The summed E-state index contributed by atoms with van der Waals surface area (Å²) in [5.74, 6) is 0.174. The number of nitrogens with zero attached hydrogens (tertiary/aromatic N) is 2. The predicted octanol–water partition coefficient (Wildman–Crippen LogP) is 3.70. The lowest BCUT2D eigenvalue weighted by Gasteiger charge is -2.35. The molecule has 4 heteroatoms. The molecule has 28 heavy (non-hydrogen) atoms. The number of hydrogen-bond acceptors (Lipinski definition) is 3. The van der Waals surface area contributed by atoms with E-state index in [9.17, 15) is 4.79 Å². The molecule has 1 saturated heterocycles. The van der Waals surface area contributed by atoms with Crippen LogP contribution in [-0.2, 0) is 4.79 Å². The van der Waals surface area contributed by atoms with Gasteiger partial charge in [-0.25, -0.2) is 0 Å². The zero-order valence-corrected chi connectivity index (χ0v) is 17.3. The molecule has 1 N–H and O–H groups in total. The Balaban J connectivity index is 1.66. The van der Waals surface area contributed by atoms with Gasteiger partial charge in [-0.05, 0) is 24.0 Å². The molecule has 2 aromatic rings. The maximum atomic E-state index is 13.1. The summed E-state index contributed by atoms with van der Waals surface area (Å²) >= 11 is 0. The van der Waals surface area contributed by atoms with Gasteiger partial charge in [0.15, 0.2) is 0 Å². The van der Waals surface area contributed by atoms with Crippen molar-refractivity contribution < 1.29 is 4.79 Å². The Hall–Kier alpha value is -2.17. The van der Waals surface area contributed by atoms with E-state index in [2.05, 4.69) is 48.3 Å². The van der Waals surface area contributed by atoms with E-state index in [-0.39, 0.29) is 11.9 Å². The average Bonchev–Trinajstić information content (AvgIpc) is 2.71. The summed E-state index contributed by atoms with van der Waals surface area (Å²) in [6, 6.07) is 21.6. The molecule has 4 nitrogen and oxygen atoms in total. The summed E-state index contributed by atoms with van der Waals surface area (Å²) in [7, 11) is 1.93. The van der Waals surface area contributed by atoms with E-state index in [1.54, 1.807) is 0 Å². The van der Waals surface area contributed by atoms with Gasteiger partial charge in [-0.15, -0.1) is 0 Å². The Kier molecular flexibility index (Phi) is 7.24. The second kappa shape index (κ2) is 9.85. The minimum absolute atomic E-state index is 0.0601. The largest absolute Gasteiger partial charge is 0.334 e. The number of hydrogen-bond donors (Lipinski definition) is 1. The second-order valence-electron chi connectivity index (χ2n) is 8.10. The van der Waals surface area contributed by atoms with Crippen molar-refractivity contribution in [3.05, 3.63) is 71.8 Å². The third kappa shape index (κ3) is 5.43. The van der Waals surface area contributed by atoms with Crippen LogP contribution in [0.3, 0.4) is 0 Å². The molecule has 1 heterocycles. The third-order valence-corrected chi connectivity index (χ3v) is 5.53. The number of amides is 1. The highest BCUT2D eigenvalue weighted by atomic mass is 16.2. The summed E-state index contributed by atoms with van der Waals surface area (Å²) in [6.45, 7) is 6.83. The van der Waals surface area contributed by atoms with Crippen molar-refractivity contribution in [2.75, 3.05) is 26.7 Å². The van der Waals surface area contributed by atoms with Gasteiger partial charge in [0.05, 0.1) is 12.6 Å². The smallest absolute Gasteiger partial charge is 0.237 e. The maximum absolute atomic E-state index is 13.1. The van der Waals surface area contributed by atoms with Gasteiger partial charge in [0.2, 0.25) is 5.91 Å². The highest BCUT2D eigenvalue weighted by Crippen LogP contribution is 2.27. The van der Waals surface area contributed by atoms with Crippen LogP contribution in [0.15, 0.2) is 60.7 Å². The number of piperidine rings is 1. The van der Waals surface area contributed by atoms with Crippen LogP contribution < -0.4 is 5.32 Å². The molecule has 150 valence electrons. The van der Waals surface area contributed by atoms with E-state index in [4.69, 9.17) is 0 Å². The van der Waals surface area contributed by atoms with E-state index in [1.807, 2.05) is 48.3 Å². The van der Waals surface area contributed by atoms with Crippen LogP contribution in [0.4, 0.5) is 0 Å². The number of likely N-dealkylation sites (N-methyl/N-ethyl adjacent to an activating group) is 1. The fraction of sp³-hybridized carbons (Fsp3) is 0.458. The van der Waals surface area contributed by atoms with E-state index in [1.165, 1.54) is 0 Å². The quantitative estimate of drug-likeness (QED) is 0.797. The van der Waals surface area contributed by atoms with Crippen LogP contribution in [0.5, 0.6) is 0 Å². The Bertz CT molecular complexity index is 685. The van der Waals surface area contributed by atoms with Gasteiger partial charge in [0.25, 0.3) is 0 Å². The number of nitrogens with one attached hydrogen (secondary N) is 1. The minimum Gasteiger partial charge on any atom is -0.334 e. The Morgan fingerprint density at radius 3 is 1.96 bits per heavy atom. The lowest BCUT2D eigenvalue weighted by atomic mass is 9.97. The number of carbonyl (C=O) groups excluding carboxylic acids is 1. The molecule has 0 aliphatic carbocycles. The van der Waals surface area contributed by atoms with Gasteiger partial charge in [-0.1, -0.05) is 74.5 Å². The zero-order chi connectivity index (χ0) is 19.9. The number of carbonyl (C=O) groups is 1. The van der Waals surface area contributed by atoms with Crippen molar-refractivity contribution in [2.24, 2.45) is 0 Å². The first-order chi connectivity index (χ1) is 13.5. The van der Waals surface area contributed by atoms with Crippen LogP contribution in [0, 0.1) is 0 Å².